The van der Waals surface area contributed by atoms with Gasteiger partial charge in [-0.2, -0.15) is 0 Å². The van der Waals surface area contributed by atoms with Crippen molar-refractivity contribution < 1.29 is 14.3 Å². The van der Waals surface area contributed by atoms with Crippen LogP contribution in [-0.2, 0) is 11.2 Å². The summed E-state index contributed by atoms with van der Waals surface area (Å²) in [5, 5.41) is 9.25. The van der Waals surface area contributed by atoms with Crippen molar-refractivity contribution in [1.82, 2.24) is 16.0 Å². The Labute approximate surface area is 194 Å². The first-order valence-electron chi connectivity index (χ1n) is 9.96. The van der Waals surface area contributed by atoms with Gasteiger partial charge < -0.3 is 25.4 Å². The molecule has 30 heavy (non-hydrogen) atoms. The Morgan fingerprint density at radius 2 is 1.77 bits per heavy atom. The minimum absolute atomic E-state index is 0. The topological polar surface area (TPSA) is 84.0 Å². The number of hydrogen-bond acceptors (Lipinski definition) is 4. The second-order valence-electron chi connectivity index (χ2n) is 6.66. The second-order valence-corrected chi connectivity index (χ2v) is 6.66. The van der Waals surface area contributed by atoms with E-state index in [1.165, 1.54) is 5.56 Å². The zero-order chi connectivity index (χ0) is 20.3. The summed E-state index contributed by atoms with van der Waals surface area (Å²) in [6.07, 6.45) is 0.670. The molecule has 0 saturated carbocycles. The minimum atomic E-state index is -0.131. The number of nitrogens with one attached hydrogen (secondary N) is 3. The average molecular weight is 524 g/mol. The first-order valence-corrected chi connectivity index (χ1v) is 9.96. The van der Waals surface area contributed by atoms with Gasteiger partial charge in [-0.15, -0.1) is 24.0 Å². The fourth-order valence-corrected chi connectivity index (χ4v) is 2.91. The number of halogens is 1. The average Bonchev–Trinajstić information content (AvgIpc) is 2.76. The molecule has 8 heteroatoms. The van der Waals surface area contributed by atoms with Crippen molar-refractivity contribution >= 4 is 35.8 Å². The molecule has 2 aromatic rings. The molecule has 0 spiro atoms. The predicted molar refractivity (Wildman–Crippen MR) is 129 cm³/mol. The summed E-state index contributed by atoms with van der Waals surface area (Å²) >= 11 is 0. The molecule has 0 radical (unpaired) electrons. The lowest BCUT2D eigenvalue weighted by atomic mass is 10.1. The number of nitrogens with zero attached hydrogens (tertiary/aromatic N) is 1. The van der Waals surface area contributed by atoms with Crippen molar-refractivity contribution in [3.05, 3.63) is 60.2 Å². The monoisotopic (exact) mass is 524 g/mol. The molecule has 162 valence electrons. The summed E-state index contributed by atoms with van der Waals surface area (Å²) < 4.78 is 11.6. The zero-order valence-corrected chi connectivity index (χ0v) is 19.4. The number of carbonyl (C=O) groups excluding carboxylic acids is 1. The smallest absolute Gasteiger partial charge is 0.241 e. The highest BCUT2D eigenvalue weighted by molar-refractivity contribution is 14.0. The predicted octanol–water partition coefficient (Wildman–Crippen LogP) is 2.36. The Morgan fingerprint density at radius 1 is 1.03 bits per heavy atom. The van der Waals surface area contributed by atoms with E-state index in [9.17, 15) is 4.79 Å². The Kier molecular flexibility index (Phi) is 10.3. The molecule has 1 atom stereocenters. The van der Waals surface area contributed by atoms with Gasteiger partial charge in [-0.05, 0) is 31.0 Å². The summed E-state index contributed by atoms with van der Waals surface area (Å²) in [6.45, 7) is 4.32. The molecule has 0 aliphatic carbocycles. The quantitative estimate of drug-likeness (QED) is 0.281. The fourth-order valence-electron chi connectivity index (χ4n) is 2.91. The first-order chi connectivity index (χ1) is 14.2. The van der Waals surface area contributed by atoms with Crippen LogP contribution in [-0.4, -0.2) is 50.8 Å². The molecular weight excluding hydrogens is 495 g/mol. The molecule has 7 nitrogen and oxygen atoms in total. The summed E-state index contributed by atoms with van der Waals surface area (Å²) in [5.74, 6) is 1.97. The first kappa shape index (κ1) is 23.8. The van der Waals surface area contributed by atoms with Gasteiger partial charge in [0, 0.05) is 13.1 Å². The van der Waals surface area contributed by atoms with Crippen LogP contribution in [0.3, 0.4) is 0 Å². The standard InChI is InChI=1S/C22H28N4O3.HI/c1-2-23-22(25-14-18-16-28-19-10-6-7-11-20(19)29-18)26-15-21(27)24-13-12-17-8-4-3-5-9-17;/h3-11,18H,2,12-16H2,1H3,(H,24,27)(H2,23,25,26);1H. The third kappa shape index (κ3) is 7.74. The van der Waals surface area contributed by atoms with Crippen molar-refractivity contribution in [3.8, 4) is 11.5 Å². The highest BCUT2D eigenvalue weighted by Crippen LogP contribution is 2.30. The Balaban J connectivity index is 0.00000320. The van der Waals surface area contributed by atoms with Crippen LogP contribution < -0.4 is 25.4 Å². The van der Waals surface area contributed by atoms with Gasteiger partial charge in [0.15, 0.2) is 17.5 Å². The highest BCUT2D eigenvalue weighted by Gasteiger charge is 2.20. The number of rotatable bonds is 8. The molecule has 2 aromatic carbocycles. The maximum absolute atomic E-state index is 12.1. The number of hydrogen-bond donors (Lipinski definition) is 3. The van der Waals surface area contributed by atoms with Crippen LogP contribution in [0.25, 0.3) is 0 Å². The van der Waals surface area contributed by atoms with Crippen molar-refractivity contribution in [2.75, 3.05) is 32.8 Å². The van der Waals surface area contributed by atoms with Crippen molar-refractivity contribution in [2.45, 2.75) is 19.4 Å². The number of guanidine groups is 1. The Bertz CT molecular complexity index is 817. The van der Waals surface area contributed by atoms with E-state index < -0.39 is 0 Å². The number of aliphatic imine (C=N–C) groups is 1. The number of carbonyl (C=O) groups is 1. The van der Waals surface area contributed by atoms with E-state index in [0.717, 1.165) is 17.9 Å². The maximum Gasteiger partial charge on any atom is 0.241 e. The normalized spacial score (nSPS) is 15.0. The zero-order valence-electron chi connectivity index (χ0n) is 17.1. The third-order valence-electron chi connectivity index (χ3n) is 4.37. The maximum atomic E-state index is 12.1. The lowest BCUT2D eigenvalue weighted by molar-refractivity contribution is -0.119. The van der Waals surface area contributed by atoms with E-state index >= 15 is 0 Å². The van der Waals surface area contributed by atoms with Gasteiger partial charge in [0.1, 0.15) is 19.3 Å². The third-order valence-corrected chi connectivity index (χ3v) is 4.37. The van der Waals surface area contributed by atoms with Crippen molar-refractivity contribution in [3.63, 3.8) is 0 Å². The van der Waals surface area contributed by atoms with Gasteiger partial charge >= 0.3 is 0 Å². The van der Waals surface area contributed by atoms with E-state index in [-0.39, 0.29) is 42.5 Å². The minimum Gasteiger partial charge on any atom is -0.486 e. The molecule has 1 aliphatic rings. The van der Waals surface area contributed by atoms with E-state index in [1.807, 2.05) is 61.5 Å². The van der Waals surface area contributed by atoms with Gasteiger partial charge in [0.25, 0.3) is 0 Å². The van der Waals surface area contributed by atoms with Crippen molar-refractivity contribution in [2.24, 2.45) is 4.99 Å². The largest absolute Gasteiger partial charge is 0.486 e. The number of benzene rings is 2. The van der Waals surface area contributed by atoms with Crippen molar-refractivity contribution in [1.29, 1.82) is 0 Å². The molecule has 3 rings (SSSR count). The highest BCUT2D eigenvalue weighted by atomic mass is 127. The summed E-state index contributed by atoms with van der Waals surface area (Å²) in [6, 6.07) is 17.7. The van der Waals surface area contributed by atoms with Crippen LogP contribution in [0.4, 0.5) is 0 Å². The summed E-state index contributed by atoms with van der Waals surface area (Å²) in [4.78, 5) is 16.4. The Morgan fingerprint density at radius 3 is 2.53 bits per heavy atom. The van der Waals surface area contributed by atoms with Gasteiger partial charge in [-0.3, -0.25) is 4.79 Å². The number of ether oxygens (including phenoxy) is 2. The SMILES string of the molecule is CCNC(=NCC(=O)NCCc1ccccc1)NCC1COc2ccccc2O1.I. The summed E-state index contributed by atoms with van der Waals surface area (Å²) in [5.41, 5.74) is 1.20. The lowest BCUT2D eigenvalue weighted by Gasteiger charge is -2.27. The molecule has 0 fully saturated rings. The van der Waals surface area contributed by atoms with Gasteiger partial charge in [-0.1, -0.05) is 42.5 Å². The van der Waals surface area contributed by atoms with E-state index in [2.05, 4.69) is 20.9 Å². The molecule has 0 saturated heterocycles. The van der Waals surface area contributed by atoms with Crippen LogP contribution in [0.5, 0.6) is 11.5 Å². The molecular formula is C22H29IN4O3. The van der Waals surface area contributed by atoms with E-state index in [0.29, 0.717) is 32.2 Å². The van der Waals surface area contributed by atoms with Gasteiger partial charge in [0.05, 0.1) is 6.54 Å². The van der Waals surface area contributed by atoms with Crippen LogP contribution in [0.2, 0.25) is 0 Å². The van der Waals surface area contributed by atoms with Crippen LogP contribution in [0.15, 0.2) is 59.6 Å². The van der Waals surface area contributed by atoms with E-state index in [1.54, 1.807) is 0 Å². The van der Waals surface area contributed by atoms with Gasteiger partial charge in [0.2, 0.25) is 5.91 Å². The second kappa shape index (κ2) is 12.9. The Hall–Kier alpha value is -2.49. The molecule has 1 aliphatic heterocycles. The molecule has 1 unspecified atom stereocenters. The van der Waals surface area contributed by atoms with Crippen LogP contribution >= 0.6 is 24.0 Å². The van der Waals surface area contributed by atoms with Crippen LogP contribution in [0.1, 0.15) is 12.5 Å². The molecule has 0 aromatic heterocycles. The molecule has 0 bridgehead atoms. The lowest BCUT2D eigenvalue weighted by Crippen LogP contribution is -2.45. The van der Waals surface area contributed by atoms with E-state index in [4.69, 9.17) is 9.47 Å². The van der Waals surface area contributed by atoms with Gasteiger partial charge in [-0.25, -0.2) is 4.99 Å². The molecule has 1 amide bonds. The number of fused-ring (bicyclic) bond motifs is 1. The molecule has 1 heterocycles. The summed E-state index contributed by atoms with van der Waals surface area (Å²) in [7, 11) is 0. The number of amides is 1. The molecule has 3 N–H and O–H groups in total. The number of para-hydroxylation sites is 2. The fraction of sp³-hybridized carbons (Fsp3) is 0.364. The van der Waals surface area contributed by atoms with Crippen LogP contribution in [0, 0.1) is 0 Å².